The van der Waals surface area contributed by atoms with Gasteiger partial charge in [-0.05, 0) is 17.2 Å². The molecule has 1 heterocycles. The van der Waals surface area contributed by atoms with Gasteiger partial charge in [-0.1, -0.05) is 12.1 Å². The summed E-state index contributed by atoms with van der Waals surface area (Å²) in [7, 11) is 0. The number of hydrogen-bond acceptors (Lipinski definition) is 4. The molecule has 0 aromatic heterocycles. The molecule has 2 rings (SSSR count). The Morgan fingerprint density at radius 2 is 2.12 bits per heavy atom. The molecule has 2 amide bonds. The molecule has 1 aliphatic heterocycles. The highest BCUT2D eigenvalue weighted by Crippen LogP contribution is 2.27. The summed E-state index contributed by atoms with van der Waals surface area (Å²) < 4.78 is 0. The second-order valence-electron chi connectivity index (χ2n) is 3.93. The van der Waals surface area contributed by atoms with Gasteiger partial charge in [0, 0.05) is 5.69 Å². The monoisotopic (exact) mass is 236 g/mol. The van der Waals surface area contributed by atoms with Crippen LogP contribution in [0.1, 0.15) is 17.2 Å². The lowest BCUT2D eigenvalue weighted by Crippen LogP contribution is -2.33. The maximum Gasteiger partial charge on any atom is 0.249 e. The van der Waals surface area contributed by atoms with Crippen molar-refractivity contribution >= 4 is 17.5 Å². The summed E-state index contributed by atoms with van der Waals surface area (Å²) in [6, 6.07) is 4.74. The number of aliphatic hydroxyl groups excluding tert-OH is 2. The Balaban J connectivity index is 2.27. The molecule has 2 unspecified atom stereocenters. The van der Waals surface area contributed by atoms with E-state index in [0.717, 1.165) is 5.56 Å². The van der Waals surface area contributed by atoms with Gasteiger partial charge in [-0.2, -0.15) is 0 Å². The predicted octanol–water partition coefficient (Wildman–Crippen LogP) is -0.939. The van der Waals surface area contributed by atoms with Crippen molar-refractivity contribution in [2.75, 3.05) is 5.32 Å². The Bertz CT molecular complexity index is 486. The molecular weight excluding hydrogens is 224 g/mol. The van der Waals surface area contributed by atoms with E-state index in [1.165, 1.54) is 6.07 Å². The third-order valence-electron chi connectivity index (χ3n) is 2.69. The number of carbonyl (C=O) groups is 2. The van der Waals surface area contributed by atoms with E-state index in [1.54, 1.807) is 12.1 Å². The molecule has 6 nitrogen and oxygen atoms in total. The molecule has 1 aromatic rings. The van der Waals surface area contributed by atoms with Crippen LogP contribution in [0.15, 0.2) is 18.2 Å². The van der Waals surface area contributed by atoms with Crippen LogP contribution in [0, 0.1) is 0 Å². The van der Waals surface area contributed by atoms with Crippen LogP contribution in [-0.4, -0.2) is 28.1 Å². The number of nitrogens with one attached hydrogen (secondary N) is 1. The minimum atomic E-state index is -1.66. The summed E-state index contributed by atoms with van der Waals surface area (Å²) in [5.41, 5.74) is 6.63. The molecule has 0 saturated carbocycles. The van der Waals surface area contributed by atoms with Gasteiger partial charge in [0.15, 0.2) is 6.10 Å². The standard InChI is InChI=1S/C11H12N2O4/c12-11(17)10(16)9(15)6-2-1-5-4-8(14)13-7(5)3-6/h1-3,9-10,15-16H,4H2,(H2,12,17)(H,13,14). The number of fused-ring (bicyclic) bond motifs is 1. The number of carbonyl (C=O) groups excluding carboxylic acids is 2. The molecule has 0 aliphatic carbocycles. The lowest BCUT2D eigenvalue weighted by Gasteiger charge is -2.15. The highest BCUT2D eigenvalue weighted by molar-refractivity contribution is 5.99. The Morgan fingerprint density at radius 1 is 1.41 bits per heavy atom. The fraction of sp³-hybridized carbons (Fsp3) is 0.273. The molecule has 5 N–H and O–H groups in total. The van der Waals surface area contributed by atoms with Gasteiger partial charge in [-0.25, -0.2) is 0 Å². The molecule has 0 spiro atoms. The van der Waals surface area contributed by atoms with Crippen LogP contribution >= 0.6 is 0 Å². The maximum atomic E-state index is 11.1. The Kier molecular flexibility index (Phi) is 2.83. The molecule has 17 heavy (non-hydrogen) atoms. The quantitative estimate of drug-likeness (QED) is 0.542. The molecule has 1 aromatic carbocycles. The molecule has 6 heteroatoms. The van der Waals surface area contributed by atoms with Gasteiger partial charge < -0.3 is 21.3 Å². The van der Waals surface area contributed by atoms with Crippen LogP contribution in [0.2, 0.25) is 0 Å². The topological polar surface area (TPSA) is 113 Å². The number of rotatable bonds is 3. The third kappa shape index (κ3) is 2.13. The zero-order chi connectivity index (χ0) is 12.6. The Morgan fingerprint density at radius 3 is 2.76 bits per heavy atom. The smallest absolute Gasteiger partial charge is 0.249 e. The molecule has 90 valence electrons. The van der Waals surface area contributed by atoms with Gasteiger partial charge in [0.05, 0.1) is 6.42 Å². The van der Waals surface area contributed by atoms with E-state index in [9.17, 15) is 19.8 Å². The minimum absolute atomic E-state index is 0.123. The molecule has 1 aliphatic rings. The van der Waals surface area contributed by atoms with E-state index < -0.39 is 18.1 Å². The van der Waals surface area contributed by atoms with E-state index in [4.69, 9.17) is 5.73 Å². The van der Waals surface area contributed by atoms with E-state index >= 15 is 0 Å². The van der Waals surface area contributed by atoms with Crippen LogP contribution in [0.4, 0.5) is 5.69 Å². The first-order chi connectivity index (χ1) is 7.99. The lowest BCUT2D eigenvalue weighted by atomic mass is 10.0. The fourth-order valence-corrected chi connectivity index (χ4v) is 1.75. The van der Waals surface area contributed by atoms with E-state index in [1.807, 2.05) is 0 Å². The zero-order valence-electron chi connectivity index (χ0n) is 8.88. The van der Waals surface area contributed by atoms with Gasteiger partial charge in [0.2, 0.25) is 11.8 Å². The highest BCUT2D eigenvalue weighted by atomic mass is 16.3. The minimum Gasteiger partial charge on any atom is -0.385 e. The third-order valence-corrected chi connectivity index (χ3v) is 2.69. The molecule has 0 fully saturated rings. The Hall–Kier alpha value is -1.92. The van der Waals surface area contributed by atoms with Crippen molar-refractivity contribution in [1.82, 2.24) is 0 Å². The van der Waals surface area contributed by atoms with Gasteiger partial charge in [0.1, 0.15) is 6.10 Å². The van der Waals surface area contributed by atoms with Crippen LogP contribution in [0.3, 0.4) is 0 Å². The zero-order valence-corrected chi connectivity index (χ0v) is 8.88. The van der Waals surface area contributed by atoms with Crippen LogP contribution < -0.4 is 11.1 Å². The molecule has 2 atom stereocenters. The number of anilines is 1. The van der Waals surface area contributed by atoms with Gasteiger partial charge >= 0.3 is 0 Å². The SMILES string of the molecule is NC(=O)C(O)C(O)c1ccc2c(c1)NC(=O)C2. The molecule has 0 bridgehead atoms. The van der Waals surface area contributed by atoms with Crippen molar-refractivity contribution in [2.45, 2.75) is 18.6 Å². The number of primary amides is 1. The average Bonchev–Trinajstić information content (AvgIpc) is 2.65. The first-order valence-electron chi connectivity index (χ1n) is 5.07. The van der Waals surface area contributed by atoms with E-state index in [2.05, 4.69) is 5.32 Å². The first kappa shape index (κ1) is 11.6. The maximum absolute atomic E-state index is 11.1. The second-order valence-corrected chi connectivity index (χ2v) is 3.93. The molecular formula is C11H12N2O4. The fourth-order valence-electron chi connectivity index (χ4n) is 1.75. The van der Waals surface area contributed by atoms with Gasteiger partial charge in [0.25, 0.3) is 0 Å². The Labute approximate surface area is 97.1 Å². The summed E-state index contributed by atoms with van der Waals surface area (Å²) in [6.07, 6.45) is -2.76. The van der Waals surface area contributed by atoms with E-state index in [-0.39, 0.29) is 5.91 Å². The van der Waals surface area contributed by atoms with Crippen molar-refractivity contribution < 1.29 is 19.8 Å². The highest BCUT2D eigenvalue weighted by Gasteiger charge is 2.25. The summed E-state index contributed by atoms with van der Waals surface area (Å²) in [5.74, 6) is -1.12. The van der Waals surface area contributed by atoms with Crippen molar-refractivity contribution in [3.8, 4) is 0 Å². The molecule has 0 radical (unpaired) electrons. The largest absolute Gasteiger partial charge is 0.385 e. The number of amides is 2. The lowest BCUT2D eigenvalue weighted by molar-refractivity contribution is -0.132. The second kappa shape index (κ2) is 4.15. The summed E-state index contributed by atoms with van der Waals surface area (Å²) in [4.78, 5) is 21.9. The van der Waals surface area contributed by atoms with Gasteiger partial charge in [-0.15, -0.1) is 0 Å². The van der Waals surface area contributed by atoms with Crippen molar-refractivity contribution in [1.29, 1.82) is 0 Å². The summed E-state index contributed by atoms with van der Waals surface area (Å²) in [5, 5.41) is 21.6. The number of hydrogen-bond donors (Lipinski definition) is 4. The van der Waals surface area contributed by atoms with Crippen molar-refractivity contribution in [3.63, 3.8) is 0 Å². The van der Waals surface area contributed by atoms with Crippen LogP contribution in [-0.2, 0) is 16.0 Å². The number of benzene rings is 1. The summed E-state index contributed by atoms with van der Waals surface area (Å²) in [6.45, 7) is 0. The normalized spacial score (nSPS) is 17.2. The first-order valence-corrected chi connectivity index (χ1v) is 5.07. The van der Waals surface area contributed by atoms with Crippen molar-refractivity contribution in [2.24, 2.45) is 5.73 Å². The van der Waals surface area contributed by atoms with E-state index in [0.29, 0.717) is 17.7 Å². The number of nitrogens with two attached hydrogens (primary N) is 1. The van der Waals surface area contributed by atoms with Crippen molar-refractivity contribution in [3.05, 3.63) is 29.3 Å². The van der Waals surface area contributed by atoms with Crippen LogP contribution in [0.5, 0.6) is 0 Å². The van der Waals surface area contributed by atoms with Gasteiger partial charge in [-0.3, -0.25) is 9.59 Å². The van der Waals surface area contributed by atoms with Crippen LogP contribution in [0.25, 0.3) is 0 Å². The average molecular weight is 236 g/mol. The number of aliphatic hydroxyl groups is 2. The predicted molar refractivity (Wildman–Crippen MR) is 58.9 cm³/mol. The summed E-state index contributed by atoms with van der Waals surface area (Å²) >= 11 is 0. The molecule has 0 saturated heterocycles.